The van der Waals surface area contributed by atoms with Gasteiger partial charge in [-0.1, -0.05) is 30.3 Å². The molecular weight excluding hydrogens is 324 g/mol. The number of aromatic nitrogens is 3. The average molecular weight is 346 g/mol. The molecule has 0 saturated heterocycles. The van der Waals surface area contributed by atoms with Gasteiger partial charge in [-0.25, -0.2) is 0 Å². The van der Waals surface area contributed by atoms with Gasteiger partial charge in [-0.2, -0.15) is 16.0 Å². The molecule has 0 aliphatic carbocycles. The zero-order valence-electron chi connectivity index (χ0n) is 13.4. The fourth-order valence-corrected chi connectivity index (χ4v) is 3.67. The fourth-order valence-electron chi connectivity index (χ4n) is 2.68. The summed E-state index contributed by atoms with van der Waals surface area (Å²) in [6.45, 7) is 4.68. The highest BCUT2D eigenvalue weighted by atomic mass is 32.1. The van der Waals surface area contributed by atoms with E-state index in [9.17, 15) is 0 Å². The Morgan fingerprint density at radius 3 is 2.65 bits per heavy atom. The van der Waals surface area contributed by atoms with Gasteiger partial charge in [-0.15, -0.1) is 5.10 Å². The third kappa shape index (κ3) is 3.60. The summed E-state index contributed by atoms with van der Waals surface area (Å²) in [4.78, 5) is 1.36. The van der Waals surface area contributed by atoms with Crippen molar-refractivity contribution in [2.75, 3.05) is 7.05 Å². The van der Waals surface area contributed by atoms with E-state index in [4.69, 9.17) is 17.3 Å². The van der Waals surface area contributed by atoms with Crippen LogP contribution in [0.2, 0.25) is 0 Å². The SMILES string of the molecule is CCn1c(-c2ccccc2)nn(C[NH+](C)Cc2ccsc2)c1=S. The van der Waals surface area contributed by atoms with E-state index in [0.717, 1.165) is 35.9 Å². The van der Waals surface area contributed by atoms with Crippen molar-refractivity contribution in [2.24, 2.45) is 0 Å². The first-order chi connectivity index (χ1) is 11.2. The normalized spacial score (nSPS) is 12.4. The molecule has 3 aromatic rings. The predicted molar refractivity (Wildman–Crippen MR) is 97.1 cm³/mol. The highest BCUT2D eigenvalue weighted by Crippen LogP contribution is 2.17. The van der Waals surface area contributed by atoms with Gasteiger partial charge >= 0.3 is 0 Å². The number of rotatable bonds is 6. The molecule has 23 heavy (non-hydrogen) atoms. The van der Waals surface area contributed by atoms with Gasteiger partial charge in [0.25, 0.3) is 0 Å². The average Bonchev–Trinajstić information content (AvgIpc) is 3.17. The van der Waals surface area contributed by atoms with Crippen molar-refractivity contribution in [1.29, 1.82) is 0 Å². The third-order valence-electron chi connectivity index (χ3n) is 3.78. The van der Waals surface area contributed by atoms with Gasteiger partial charge in [0.1, 0.15) is 6.54 Å². The van der Waals surface area contributed by atoms with Gasteiger partial charge in [0.15, 0.2) is 12.5 Å². The first-order valence-corrected chi connectivity index (χ1v) is 9.09. The van der Waals surface area contributed by atoms with Crippen LogP contribution in [0.3, 0.4) is 0 Å². The molecule has 0 bridgehead atoms. The number of hydrogen-bond acceptors (Lipinski definition) is 3. The Bertz CT molecular complexity index is 803. The summed E-state index contributed by atoms with van der Waals surface area (Å²) in [5.41, 5.74) is 2.46. The minimum Gasteiger partial charge on any atom is -0.315 e. The fraction of sp³-hybridized carbons (Fsp3) is 0.294. The molecule has 0 radical (unpaired) electrons. The molecule has 3 rings (SSSR count). The summed E-state index contributed by atoms with van der Waals surface area (Å²) in [7, 11) is 2.17. The summed E-state index contributed by atoms with van der Waals surface area (Å²) in [6, 6.07) is 12.4. The topological polar surface area (TPSA) is 27.2 Å². The number of benzene rings is 1. The number of nitrogens with zero attached hydrogens (tertiary/aromatic N) is 3. The first kappa shape index (κ1) is 16.1. The molecule has 0 fully saturated rings. The lowest BCUT2D eigenvalue weighted by Gasteiger charge is -2.12. The van der Waals surface area contributed by atoms with E-state index in [1.54, 1.807) is 11.3 Å². The number of quaternary nitrogens is 1. The molecule has 0 aliphatic rings. The molecule has 6 heteroatoms. The van der Waals surface area contributed by atoms with Crippen LogP contribution in [0.15, 0.2) is 47.2 Å². The van der Waals surface area contributed by atoms with Crippen LogP contribution in [0.25, 0.3) is 11.4 Å². The lowest BCUT2D eigenvalue weighted by Crippen LogP contribution is -3.06. The standard InChI is InChI=1S/C17H20N4S2/c1-3-20-16(15-7-5-4-6-8-15)18-21(17(20)22)13-19(2)11-14-9-10-23-12-14/h4-10,12H,3,11,13H2,1-2H3/p+1. The molecule has 0 amide bonds. The van der Waals surface area contributed by atoms with E-state index in [1.165, 1.54) is 10.5 Å². The Hall–Kier alpha value is -1.76. The predicted octanol–water partition coefficient (Wildman–Crippen LogP) is 2.83. The Morgan fingerprint density at radius 2 is 2.00 bits per heavy atom. The van der Waals surface area contributed by atoms with Gasteiger partial charge in [0, 0.05) is 17.7 Å². The summed E-state index contributed by atoms with van der Waals surface area (Å²) in [6.07, 6.45) is 0. The zero-order chi connectivity index (χ0) is 16.2. The Labute approximate surface area is 145 Å². The number of hydrogen-bond donors (Lipinski definition) is 1. The van der Waals surface area contributed by atoms with E-state index in [0.29, 0.717) is 0 Å². The maximum absolute atomic E-state index is 5.63. The van der Waals surface area contributed by atoms with Gasteiger partial charge in [0.05, 0.1) is 7.05 Å². The summed E-state index contributed by atoms with van der Waals surface area (Å²) < 4.78 is 4.84. The second kappa shape index (κ2) is 7.21. The van der Waals surface area contributed by atoms with E-state index in [2.05, 4.69) is 47.5 Å². The number of thiophene rings is 1. The summed E-state index contributed by atoms with van der Waals surface area (Å²) in [5, 5.41) is 9.09. The second-order valence-electron chi connectivity index (χ2n) is 5.64. The van der Waals surface area contributed by atoms with E-state index in [1.807, 2.05) is 22.9 Å². The van der Waals surface area contributed by atoms with Crippen LogP contribution in [-0.4, -0.2) is 21.4 Å². The molecule has 2 heterocycles. The molecule has 120 valence electrons. The summed E-state index contributed by atoms with van der Waals surface area (Å²) >= 11 is 7.37. The molecule has 0 aliphatic heterocycles. The molecule has 0 saturated carbocycles. The molecule has 1 N–H and O–H groups in total. The number of nitrogens with one attached hydrogen (secondary N) is 1. The van der Waals surface area contributed by atoms with Crippen LogP contribution >= 0.6 is 23.6 Å². The van der Waals surface area contributed by atoms with Gasteiger partial charge in [-0.3, -0.25) is 0 Å². The molecule has 2 aromatic heterocycles. The highest BCUT2D eigenvalue weighted by molar-refractivity contribution is 7.71. The van der Waals surface area contributed by atoms with E-state index < -0.39 is 0 Å². The van der Waals surface area contributed by atoms with Crippen molar-refractivity contribution in [3.8, 4) is 11.4 Å². The second-order valence-corrected chi connectivity index (χ2v) is 6.78. The van der Waals surface area contributed by atoms with Crippen LogP contribution < -0.4 is 4.90 Å². The lowest BCUT2D eigenvalue weighted by molar-refractivity contribution is -0.917. The molecule has 1 atom stereocenters. The van der Waals surface area contributed by atoms with Gasteiger partial charge < -0.3 is 9.47 Å². The Balaban J connectivity index is 1.85. The maximum atomic E-state index is 5.63. The largest absolute Gasteiger partial charge is 0.315 e. The van der Waals surface area contributed by atoms with Crippen molar-refractivity contribution >= 4 is 23.6 Å². The maximum Gasteiger partial charge on any atom is 0.203 e. The van der Waals surface area contributed by atoms with Crippen molar-refractivity contribution < 1.29 is 4.90 Å². The highest BCUT2D eigenvalue weighted by Gasteiger charge is 2.14. The van der Waals surface area contributed by atoms with Crippen LogP contribution in [-0.2, 0) is 19.8 Å². The van der Waals surface area contributed by atoms with Gasteiger partial charge in [0.2, 0.25) is 4.77 Å². The van der Waals surface area contributed by atoms with Crippen LogP contribution in [0, 0.1) is 4.77 Å². The summed E-state index contributed by atoms with van der Waals surface area (Å²) in [5.74, 6) is 0.946. The third-order valence-corrected chi connectivity index (χ3v) is 4.94. The van der Waals surface area contributed by atoms with Crippen LogP contribution in [0.5, 0.6) is 0 Å². The Kier molecular flexibility index (Phi) is 5.05. The van der Waals surface area contributed by atoms with Crippen LogP contribution in [0.1, 0.15) is 12.5 Å². The van der Waals surface area contributed by atoms with E-state index in [-0.39, 0.29) is 0 Å². The zero-order valence-corrected chi connectivity index (χ0v) is 15.0. The lowest BCUT2D eigenvalue weighted by atomic mass is 10.2. The molecule has 1 aromatic carbocycles. The smallest absolute Gasteiger partial charge is 0.203 e. The minimum atomic E-state index is 0.765. The van der Waals surface area contributed by atoms with E-state index >= 15 is 0 Å². The van der Waals surface area contributed by atoms with Crippen LogP contribution in [0.4, 0.5) is 0 Å². The first-order valence-electron chi connectivity index (χ1n) is 7.74. The van der Waals surface area contributed by atoms with Crippen molar-refractivity contribution in [1.82, 2.24) is 14.3 Å². The Morgan fingerprint density at radius 1 is 1.22 bits per heavy atom. The molecule has 1 unspecified atom stereocenters. The van der Waals surface area contributed by atoms with Crippen molar-refractivity contribution in [3.63, 3.8) is 0 Å². The molecule has 0 spiro atoms. The monoisotopic (exact) mass is 345 g/mol. The minimum absolute atomic E-state index is 0.765. The molecular formula is C17H21N4S2+. The van der Waals surface area contributed by atoms with Crippen molar-refractivity contribution in [3.05, 3.63) is 57.5 Å². The quantitative estimate of drug-likeness (QED) is 0.696. The van der Waals surface area contributed by atoms with Gasteiger partial charge in [-0.05, 0) is 36.0 Å². The van der Waals surface area contributed by atoms with Crippen molar-refractivity contribution in [2.45, 2.75) is 26.7 Å². The molecule has 4 nitrogen and oxygen atoms in total.